The Balaban J connectivity index is 2.38. The number of hydrogen-bond donors (Lipinski definition) is 0. The summed E-state index contributed by atoms with van der Waals surface area (Å²) in [5, 5.41) is 0. The van der Waals surface area contributed by atoms with Gasteiger partial charge in [0.25, 0.3) is 0 Å². The Morgan fingerprint density at radius 2 is 1.40 bits per heavy atom. The Morgan fingerprint density at radius 3 is 1.83 bits per heavy atom. The SMILES string of the molecule is CC1=Cc2c(ccc(C(C)C)c2-c2cc(C(C)(C)C)cc(C(C)(C)C)c2)[CH]1[Zr]([Cl])[Cl]. The number of benzene rings is 2. The molecule has 0 saturated carbocycles. The zero-order valence-corrected chi connectivity index (χ0v) is 23.8. The van der Waals surface area contributed by atoms with Gasteiger partial charge in [-0.05, 0) is 0 Å². The van der Waals surface area contributed by atoms with Crippen LogP contribution in [0, 0.1) is 0 Å². The molecular weight excluding hydrogens is 486 g/mol. The molecule has 0 aliphatic heterocycles. The molecule has 0 fully saturated rings. The molecule has 1 aliphatic carbocycles. The molecule has 30 heavy (non-hydrogen) atoms. The van der Waals surface area contributed by atoms with Crippen LogP contribution in [-0.4, -0.2) is 0 Å². The zero-order valence-electron chi connectivity index (χ0n) is 19.9. The van der Waals surface area contributed by atoms with Crippen molar-refractivity contribution in [2.24, 2.45) is 0 Å². The van der Waals surface area contributed by atoms with Gasteiger partial charge in [-0.1, -0.05) is 0 Å². The van der Waals surface area contributed by atoms with E-state index in [-0.39, 0.29) is 14.5 Å². The van der Waals surface area contributed by atoms with Gasteiger partial charge < -0.3 is 0 Å². The molecular formula is C27H35Cl2Zr. The van der Waals surface area contributed by atoms with Crippen LogP contribution in [0.15, 0.2) is 35.9 Å². The van der Waals surface area contributed by atoms with Crippen LogP contribution in [0.2, 0.25) is 0 Å². The van der Waals surface area contributed by atoms with E-state index >= 15 is 0 Å². The van der Waals surface area contributed by atoms with Crippen molar-refractivity contribution < 1.29 is 19.4 Å². The summed E-state index contributed by atoms with van der Waals surface area (Å²) in [4.78, 5) is 0. The van der Waals surface area contributed by atoms with Crippen molar-refractivity contribution in [1.82, 2.24) is 0 Å². The molecule has 161 valence electrons. The average molecular weight is 522 g/mol. The van der Waals surface area contributed by atoms with Gasteiger partial charge in [0.1, 0.15) is 0 Å². The van der Waals surface area contributed by atoms with E-state index in [1.54, 1.807) is 0 Å². The third-order valence-corrected chi connectivity index (χ3v) is 11.8. The van der Waals surface area contributed by atoms with E-state index in [0.717, 1.165) is 0 Å². The number of rotatable bonds is 3. The zero-order chi connectivity index (χ0) is 22.6. The fourth-order valence-electron chi connectivity index (χ4n) is 4.35. The molecule has 0 N–H and O–H groups in total. The van der Waals surface area contributed by atoms with Gasteiger partial charge in [0, 0.05) is 0 Å². The van der Waals surface area contributed by atoms with Crippen molar-refractivity contribution in [2.75, 3.05) is 0 Å². The topological polar surface area (TPSA) is 0 Å². The molecule has 0 saturated heterocycles. The van der Waals surface area contributed by atoms with Gasteiger partial charge in [-0.15, -0.1) is 0 Å². The van der Waals surface area contributed by atoms with Crippen LogP contribution in [0.25, 0.3) is 17.2 Å². The van der Waals surface area contributed by atoms with Crippen LogP contribution in [-0.2, 0) is 30.2 Å². The molecule has 0 spiro atoms. The molecule has 0 heterocycles. The monoisotopic (exact) mass is 519 g/mol. The molecule has 0 aromatic heterocycles. The summed E-state index contributed by atoms with van der Waals surface area (Å²) in [7, 11) is 13.2. The minimum atomic E-state index is -2.47. The Morgan fingerprint density at radius 1 is 0.867 bits per heavy atom. The Bertz CT molecular complexity index is 953. The first-order valence-electron chi connectivity index (χ1n) is 10.9. The second-order valence-corrected chi connectivity index (χ2v) is 19.9. The van der Waals surface area contributed by atoms with Gasteiger partial charge in [-0.2, -0.15) is 0 Å². The molecule has 1 atom stereocenters. The van der Waals surface area contributed by atoms with Crippen molar-refractivity contribution in [2.45, 2.75) is 82.7 Å². The summed E-state index contributed by atoms with van der Waals surface area (Å²) >= 11 is -2.47. The molecule has 3 heteroatoms. The number of hydrogen-bond acceptors (Lipinski definition) is 0. The Labute approximate surface area is 198 Å². The first-order chi connectivity index (χ1) is 13.7. The normalized spacial score (nSPS) is 16.7. The summed E-state index contributed by atoms with van der Waals surface area (Å²) < 4.78 is 0.263. The maximum absolute atomic E-state index is 6.60. The first kappa shape index (κ1) is 24.3. The van der Waals surface area contributed by atoms with Crippen LogP contribution in [0.1, 0.15) is 99.7 Å². The average Bonchev–Trinajstić information content (AvgIpc) is 2.94. The standard InChI is InChI=1S/C27H35.2ClH.Zr/c1-17(2)23-11-10-19-12-18(3)13-24(19)25(23)20-14-21(26(4,5)6)16-22(15-20)27(7,8)9;;;/h10-17H,1-9H3;2*1H;/q;;;+2/p-2. The molecule has 0 radical (unpaired) electrons. The van der Waals surface area contributed by atoms with Crippen molar-refractivity contribution >= 4 is 23.1 Å². The van der Waals surface area contributed by atoms with Gasteiger partial charge in [0.15, 0.2) is 0 Å². The maximum atomic E-state index is 6.60. The van der Waals surface area contributed by atoms with Crippen molar-refractivity contribution in [3.05, 3.63) is 63.7 Å². The predicted octanol–water partition coefficient (Wildman–Crippen LogP) is 9.46. The molecule has 3 rings (SSSR count). The summed E-state index contributed by atoms with van der Waals surface area (Å²) in [6.07, 6.45) is 2.35. The second kappa shape index (κ2) is 8.53. The fourth-order valence-corrected chi connectivity index (χ4v) is 10.0. The van der Waals surface area contributed by atoms with E-state index in [4.69, 9.17) is 17.0 Å². The third-order valence-electron chi connectivity index (χ3n) is 6.24. The van der Waals surface area contributed by atoms with Gasteiger partial charge >= 0.3 is 200 Å². The molecule has 0 bridgehead atoms. The minimum absolute atomic E-state index is 0.0907. The van der Waals surface area contributed by atoms with E-state index < -0.39 is 19.4 Å². The van der Waals surface area contributed by atoms with Gasteiger partial charge in [0.05, 0.1) is 0 Å². The van der Waals surface area contributed by atoms with E-state index in [9.17, 15) is 0 Å². The molecule has 1 unspecified atom stereocenters. The Hall–Kier alpha value is -0.357. The van der Waals surface area contributed by atoms with Gasteiger partial charge in [-0.25, -0.2) is 0 Å². The predicted molar refractivity (Wildman–Crippen MR) is 131 cm³/mol. The molecule has 0 amide bonds. The van der Waals surface area contributed by atoms with E-state index in [0.29, 0.717) is 5.92 Å². The quantitative estimate of drug-likeness (QED) is 0.377. The molecule has 1 aliphatic rings. The third kappa shape index (κ3) is 4.70. The Kier molecular flexibility index (Phi) is 6.91. The van der Waals surface area contributed by atoms with Gasteiger partial charge in [-0.3, -0.25) is 0 Å². The summed E-state index contributed by atoms with van der Waals surface area (Å²) in [5.74, 6) is 0.444. The van der Waals surface area contributed by atoms with Crippen LogP contribution >= 0.6 is 17.0 Å². The molecule has 2 aromatic rings. The van der Waals surface area contributed by atoms with Crippen LogP contribution in [0.4, 0.5) is 0 Å². The fraction of sp³-hybridized carbons (Fsp3) is 0.481. The second-order valence-electron chi connectivity index (χ2n) is 11.1. The summed E-state index contributed by atoms with van der Waals surface area (Å²) in [6, 6.07) is 11.8. The summed E-state index contributed by atoms with van der Waals surface area (Å²) in [5.41, 5.74) is 11.1. The van der Waals surface area contributed by atoms with Crippen LogP contribution < -0.4 is 0 Å². The van der Waals surface area contributed by atoms with Gasteiger partial charge in [0.2, 0.25) is 0 Å². The van der Waals surface area contributed by atoms with Crippen molar-refractivity contribution in [1.29, 1.82) is 0 Å². The van der Waals surface area contributed by atoms with Crippen LogP contribution in [0.3, 0.4) is 0 Å². The van der Waals surface area contributed by atoms with E-state index in [1.807, 2.05) is 0 Å². The summed E-state index contributed by atoms with van der Waals surface area (Å²) in [6.45, 7) is 20.6. The van der Waals surface area contributed by atoms with Crippen molar-refractivity contribution in [3.8, 4) is 11.1 Å². The number of allylic oxidation sites excluding steroid dienone is 1. The number of fused-ring (bicyclic) bond motifs is 1. The van der Waals surface area contributed by atoms with E-state index in [2.05, 4.69) is 98.7 Å². The first-order valence-corrected chi connectivity index (χ1v) is 18.7. The van der Waals surface area contributed by atoms with Crippen LogP contribution in [0.5, 0.6) is 0 Å². The van der Waals surface area contributed by atoms with Crippen molar-refractivity contribution in [3.63, 3.8) is 0 Å². The number of halogens is 2. The molecule has 0 nitrogen and oxygen atoms in total. The van der Waals surface area contributed by atoms with E-state index in [1.165, 1.54) is 44.5 Å². The molecule has 2 aromatic carbocycles.